The second-order valence-corrected chi connectivity index (χ2v) is 4.76. The lowest BCUT2D eigenvalue weighted by Crippen LogP contribution is -2.10. The van der Waals surface area contributed by atoms with Gasteiger partial charge in [-0.25, -0.2) is 4.98 Å². The Morgan fingerprint density at radius 2 is 1.95 bits per heavy atom. The lowest BCUT2D eigenvalue weighted by atomic mass is 10.1. The number of hydrogen-bond donors (Lipinski definition) is 2. The normalized spacial score (nSPS) is 12.7. The topological polar surface area (TPSA) is 54.7 Å². The van der Waals surface area contributed by atoms with Crippen molar-refractivity contribution in [1.29, 1.82) is 0 Å². The first-order valence-electron chi connectivity index (χ1n) is 6.57. The minimum atomic E-state index is -0.0193. The number of nitrogens with zero attached hydrogens (tertiary/aromatic N) is 1. The molecule has 0 aliphatic carbocycles. The molecule has 96 valence electrons. The first-order valence-corrected chi connectivity index (χ1v) is 6.57. The summed E-state index contributed by atoms with van der Waals surface area (Å²) in [4.78, 5) is 7.67. The maximum atomic E-state index is 5.98. The number of aromatic nitrogens is 2. The molecular formula is C16H17N3. The molecule has 0 bridgehead atoms. The van der Waals surface area contributed by atoms with Gasteiger partial charge in [0.15, 0.2) is 0 Å². The zero-order chi connectivity index (χ0) is 13.2. The van der Waals surface area contributed by atoms with E-state index in [4.69, 9.17) is 5.73 Å². The number of rotatable bonds is 3. The predicted molar refractivity (Wildman–Crippen MR) is 78.7 cm³/mol. The number of fused-ring (bicyclic) bond motifs is 1. The van der Waals surface area contributed by atoms with Crippen LogP contribution in [0.2, 0.25) is 0 Å². The van der Waals surface area contributed by atoms with Crippen LogP contribution in [0.1, 0.15) is 25.2 Å². The van der Waals surface area contributed by atoms with Crippen molar-refractivity contribution in [3.05, 3.63) is 54.5 Å². The largest absolute Gasteiger partial charge is 0.341 e. The van der Waals surface area contributed by atoms with Gasteiger partial charge in [-0.15, -0.1) is 0 Å². The highest BCUT2D eigenvalue weighted by atomic mass is 15.0. The van der Waals surface area contributed by atoms with Crippen molar-refractivity contribution in [1.82, 2.24) is 9.97 Å². The molecule has 0 amide bonds. The highest BCUT2D eigenvalue weighted by Gasteiger charge is 2.09. The van der Waals surface area contributed by atoms with E-state index in [-0.39, 0.29) is 6.04 Å². The van der Waals surface area contributed by atoms with Crippen LogP contribution in [0.15, 0.2) is 48.7 Å². The molecule has 3 aromatic rings. The molecule has 0 fully saturated rings. The van der Waals surface area contributed by atoms with Crippen molar-refractivity contribution in [2.75, 3.05) is 0 Å². The summed E-state index contributed by atoms with van der Waals surface area (Å²) in [5.41, 5.74) is 8.14. The fourth-order valence-corrected chi connectivity index (χ4v) is 2.22. The molecule has 0 aliphatic heterocycles. The van der Waals surface area contributed by atoms with Gasteiger partial charge in [-0.2, -0.15) is 0 Å². The highest BCUT2D eigenvalue weighted by Crippen LogP contribution is 2.24. The molecule has 0 spiro atoms. The van der Waals surface area contributed by atoms with Gasteiger partial charge in [0.05, 0.1) is 17.9 Å². The van der Waals surface area contributed by atoms with Crippen LogP contribution in [0.5, 0.6) is 0 Å². The van der Waals surface area contributed by atoms with E-state index in [9.17, 15) is 0 Å². The molecule has 3 N–H and O–H groups in total. The molecule has 1 unspecified atom stereocenters. The average molecular weight is 251 g/mol. The van der Waals surface area contributed by atoms with Gasteiger partial charge in [-0.05, 0) is 23.3 Å². The quantitative estimate of drug-likeness (QED) is 0.746. The van der Waals surface area contributed by atoms with Gasteiger partial charge in [0.2, 0.25) is 0 Å². The lowest BCUT2D eigenvalue weighted by Gasteiger charge is -2.04. The monoisotopic (exact) mass is 251 g/mol. The van der Waals surface area contributed by atoms with E-state index in [1.807, 2.05) is 6.20 Å². The molecular weight excluding hydrogens is 234 g/mol. The average Bonchev–Trinajstić information content (AvgIpc) is 2.95. The third-order valence-corrected chi connectivity index (χ3v) is 3.45. The lowest BCUT2D eigenvalue weighted by molar-refractivity contribution is 0.658. The Balaban J connectivity index is 2.01. The Hall–Kier alpha value is -2.13. The second kappa shape index (κ2) is 4.86. The van der Waals surface area contributed by atoms with Crippen LogP contribution in [-0.2, 0) is 0 Å². The summed E-state index contributed by atoms with van der Waals surface area (Å²) in [6, 6.07) is 14.7. The van der Waals surface area contributed by atoms with Gasteiger partial charge in [0.25, 0.3) is 0 Å². The third kappa shape index (κ3) is 2.25. The standard InChI is InChI=1S/C16H17N3/c1-2-14(17)16-18-10-15(19-16)13-8-7-11-5-3-4-6-12(11)9-13/h3-10,14H,2,17H2,1H3,(H,18,19). The zero-order valence-electron chi connectivity index (χ0n) is 10.9. The summed E-state index contributed by atoms with van der Waals surface area (Å²) in [5.74, 6) is 0.852. The Bertz CT molecular complexity index is 700. The first kappa shape index (κ1) is 11.9. The van der Waals surface area contributed by atoms with Crippen molar-refractivity contribution < 1.29 is 0 Å². The second-order valence-electron chi connectivity index (χ2n) is 4.76. The summed E-state index contributed by atoms with van der Waals surface area (Å²) in [6.07, 6.45) is 2.74. The molecule has 0 saturated carbocycles. The molecule has 1 aromatic heterocycles. The number of nitrogens with two attached hydrogens (primary N) is 1. The number of imidazole rings is 1. The fourth-order valence-electron chi connectivity index (χ4n) is 2.22. The van der Waals surface area contributed by atoms with E-state index < -0.39 is 0 Å². The third-order valence-electron chi connectivity index (χ3n) is 3.45. The van der Waals surface area contributed by atoms with E-state index in [0.29, 0.717) is 0 Å². The van der Waals surface area contributed by atoms with Crippen LogP contribution in [0, 0.1) is 0 Å². The van der Waals surface area contributed by atoms with Gasteiger partial charge in [0.1, 0.15) is 5.82 Å². The highest BCUT2D eigenvalue weighted by molar-refractivity contribution is 5.86. The van der Waals surface area contributed by atoms with Crippen molar-refractivity contribution in [3.8, 4) is 11.3 Å². The van der Waals surface area contributed by atoms with Crippen LogP contribution in [0.25, 0.3) is 22.0 Å². The number of nitrogens with one attached hydrogen (secondary N) is 1. The summed E-state index contributed by atoms with van der Waals surface area (Å²) < 4.78 is 0. The smallest absolute Gasteiger partial charge is 0.123 e. The molecule has 2 aromatic carbocycles. The Morgan fingerprint density at radius 3 is 2.74 bits per heavy atom. The fraction of sp³-hybridized carbons (Fsp3) is 0.188. The van der Waals surface area contributed by atoms with E-state index in [1.54, 1.807) is 0 Å². The van der Waals surface area contributed by atoms with E-state index in [2.05, 4.69) is 59.4 Å². The van der Waals surface area contributed by atoms with Crippen LogP contribution in [0.4, 0.5) is 0 Å². The molecule has 0 saturated heterocycles. The maximum absolute atomic E-state index is 5.98. The van der Waals surface area contributed by atoms with Gasteiger partial charge in [-0.3, -0.25) is 0 Å². The van der Waals surface area contributed by atoms with Crippen LogP contribution in [-0.4, -0.2) is 9.97 Å². The van der Waals surface area contributed by atoms with Crippen molar-refractivity contribution in [2.45, 2.75) is 19.4 Å². The van der Waals surface area contributed by atoms with Gasteiger partial charge in [0, 0.05) is 5.56 Å². The maximum Gasteiger partial charge on any atom is 0.123 e. The Morgan fingerprint density at radius 1 is 1.16 bits per heavy atom. The van der Waals surface area contributed by atoms with Crippen molar-refractivity contribution >= 4 is 10.8 Å². The van der Waals surface area contributed by atoms with Crippen molar-refractivity contribution in [2.24, 2.45) is 5.73 Å². The summed E-state index contributed by atoms with van der Waals surface area (Å²) >= 11 is 0. The van der Waals surface area contributed by atoms with Gasteiger partial charge >= 0.3 is 0 Å². The van der Waals surface area contributed by atoms with E-state index in [0.717, 1.165) is 23.5 Å². The Labute approximate surface area is 112 Å². The minimum absolute atomic E-state index is 0.0193. The summed E-state index contributed by atoms with van der Waals surface area (Å²) in [5, 5.41) is 2.48. The molecule has 3 heteroatoms. The van der Waals surface area contributed by atoms with Crippen LogP contribution < -0.4 is 5.73 Å². The van der Waals surface area contributed by atoms with Crippen LogP contribution >= 0.6 is 0 Å². The number of aromatic amines is 1. The summed E-state index contributed by atoms with van der Waals surface area (Å²) in [6.45, 7) is 2.06. The van der Waals surface area contributed by atoms with E-state index >= 15 is 0 Å². The number of H-pyrrole nitrogens is 1. The Kier molecular flexibility index (Phi) is 3.05. The minimum Gasteiger partial charge on any atom is -0.341 e. The number of benzene rings is 2. The zero-order valence-corrected chi connectivity index (χ0v) is 10.9. The van der Waals surface area contributed by atoms with Gasteiger partial charge < -0.3 is 10.7 Å². The summed E-state index contributed by atoms with van der Waals surface area (Å²) in [7, 11) is 0. The first-order chi connectivity index (χ1) is 9.28. The van der Waals surface area contributed by atoms with E-state index in [1.165, 1.54) is 10.8 Å². The molecule has 0 radical (unpaired) electrons. The molecule has 19 heavy (non-hydrogen) atoms. The molecule has 3 rings (SSSR count). The van der Waals surface area contributed by atoms with Crippen molar-refractivity contribution in [3.63, 3.8) is 0 Å². The molecule has 3 nitrogen and oxygen atoms in total. The van der Waals surface area contributed by atoms with Gasteiger partial charge in [-0.1, -0.05) is 43.3 Å². The predicted octanol–water partition coefficient (Wildman–Crippen LogP) is 3.64. The molecule has 0 aliphatic rings. The number of hydrogen-bond acceptors (Lipinski definition) is 2. The molecule has 1 heterocycles. The van der Waals surface area contributed by atoms with Crippen LogP contribution in [0.3, 0.4) is 0 Å². The SMILES string of the molecule is CCC(N)c1ncc(-c2ccc3ccccc3c2)[nH]1. The molecule has 1 atom stereocenters.